The number of nitriles is 1. The molecule has 4 heterocycles. The first-order chi connectivity index (χ1) is 20.4. The van der Waals surface area contributed by atoms with Gasteiger partial charge in [0.25, 0.3) is 0 Å². The Morgan fingerprint density at radius 2 is 2.02 bits per heavy atom. The first-order valence-electron chi connectivity index (χ1n) is 13.9. The smallest absolute Gasteiger partial charge is 0.335 e. The average Bonchev–Trinajstić information content (AvgIpc) is 3.42. The molecule has 42 heavy (non-hydrogen) atoms. The van der Waals surface area contributed by atoms with Crippen LogP contribution in [-0.2, 0) is 24.4 Å². The van der Waals surface area contributed by atoms with Crippen molar-refractivity contribution in [2.24, 2.45) is 11.8 Å². The Morgan fingerprint density at radius 1 is 1.21 bits per heavy atom. The Hall–Kier alpha value is -4.04. The van der Waals surface area contributed by atoms with Crippen molar-refractivity contribution in [3.8, 4) is 11.9 Å². The number of halogens is 2. The standard InChI is InChI=1S/C18H20ClN3O3.C13H9FN2O/c19-14-4-10(18(23)24)5-15-17(14)20-16(22(15)8-13-1-2-25-13)9-21-6-11-3-12(11)7-21;14-12-7-10(8-15)4-5-11(12)9-17-13-3-1-2-6-16-13/h4-5,11-13H,1-3,6-9H2,(H,23,24);1-7H,9H2. The van der Waals surface area contributed by atoms with Gasteiger partial charge in [-0.2, -0.15) is 5.26 Å². The lowest BCUT2D eigenvalue weighted by Gasteiger charge is -2.28. The number of aromatic nitrogens is 3. The van der Waals surface area contributed by atoms with E-state index in [-0.39, 0.29) is 18.3 Å². The molecule has 0 spiro atoms. The quantitative estimate of drug-likeness (QED) is 0.295. The molecule has 0 bridgehead atoms. The number of piperidine rings is 1. The van der Waals surface area contributed by atoms with Crippen LogP contribution in [0.25, 0.3) is 11.0 Å². The number of aromatic carboxylic acids is 1. The highest BCUT2D eigenvalue weighted by molar-refractivity contribution is 6.35. The van der Waals surface area contributed by atoms with Crippen molar-refractivity contribution < 1.29 is 23.8 Å². The zero-order valence-electron chi connectivity index (χ0n) is 22.7. The number of benzene rings is 2. The van der Waals surface area contributed by atoms with E-state index in [0.717, 1.165) is 55.8 Å². The van der Waals surface area contributed by atoms with Crippen LogP contribution in [0.5, 0.6) is 5.88 Å². The molecule has 2 aromatic heterocycles. The second kappa shape index (κ2) is 12.1. The number of nitrogens with zero attached hydrogens (tertiary/aromatic N) is 5. The van der Waals surface area contributed by atoms with Crippen LogP contribution in [0.4, 0.5) is 4.39 Å². The van der Waals surface area contributed by atoms with E-state index in [9.17, 15) is 14.3 Å². The lowest BCUT2D eigenvalue weighted by molar-refractivity contribution is -0.0591. The predicted molar refractivity (Wildman–Crippen MR) is 153 cm³/mol. The van der Waals surface area contributed by atoms with Crippen LogP contribution in [0.2, 0.25) is 5.02 Å². The van der Waals surface area contributed by atoms with Gasteiger partial charge in [0.1, 0.15) is 23.8 Å². The Morgan fingerprint density at radius 3 is 2.67 bits per heavy atom. The number of pyridine rings is 1. The van der Waals surface area contributed by atoms with Crippen molar-refractivity contribution in [1.82, 2.24) is 19.4 Å². The Kier molecular flexibility index (Phi) is 8.07. The number of imidazole rings is 1. The normalized spacial score (nSPS) is 20.6. The fourth-order valence-corrected chi connectivity index (χ4v) is 5.71. The minimum absolute atomic E-state index is 0.0918. The Labute approximate surface area is 247 Å². The summed E-state index contributed by atoms with van der Waals surface area (Å²) in [5.74, 6) is 1.72. The number of hydrogen-bond donors (Lipinski definition) is 1. The number of carbonyl (C=O) groups is 1. The molecule has 3 aliphatic rings. The monoisotopic (exact) mass is 589 g/mol. The van der Waals surface area contributed by atoms with Gasteiger partial charge in [-0.3, -0.25) is 4.90 Å². The second-order valence-corrected chi connectivity index (χ2v) is 11.3. The van der Waals surface area contributed by atoms with E-state index < -0.39 is 11.8 Å². The van der Waals surface area contributed by atoms with Crippen molar-refractivity contribution in [2.75, 3.05) is 19.7 Å². The second-order valence-electron chi connectivity index (χ2n) is 10.9. The van der Waals surface area contributed by atoms with E-state index in [0.29, 0.717) is 34.1 Å². The molecule has 216 valence electrons. The van der Waals surface area contributed by atoms with E-state index >= 15 is 0 Å². The first kappa shape index (κ1) is 28.1. The molecule has 1 aliphatic carbocycles. The maximum Gasteiger partial charge on any atom is 0.335 e. The van der Waals surface area contributed by atoms with Crippen molar-refractivity contribution in [3.05, 3.63) is 88.1 Å². The molecule has 4 aromatic rings. The highest BCUT2D eigenvalue weighted by Crippen LogP contribution is 2.45. The summed E-state index contributed by atoms with van der Waals surface area (Å²) in [4.78, 5) is 22.6. The summed E-state index contributed by atoms with van der Waals surface area (Å²) in [5.41, 5.74) is 2.37. The molecule has 0 radical (unpaired) electrons. The van der Waals surface area contributed by atoms with E-state index in [1.165, 1.54) is 24.6 Å². The van der Waals surface area contributed by atoms with Gasteiger partial charge < -0.3 is 19.1 Å². The molecule has 2 aromatic carbocycles. The third-order valence-electron chi connectivity index (χ3n) is 7.93. The third-order valence-corrected chi connectivity index (χ3v) is 8.22. The summed E-state index contributed by atoms with van der Waals surface area (Å²) in [6, 6.07) is 14.6. The molecule has 2 aliphatic heterocycles. The van der Waals surface area contributed by atoms with Crippen molar-refractivity contribution in [2.45, 2.75) is 38.6 Å². The lowest BCUT2D eigenvalue weighted by atomic mass is 10.1. The number of likely N-dealkylation sites (tertiary alicyclic amines) is 1. The van der Waals surface area contributed by atoms with E-state index in [1.54, 1.807) is 36.5 Å². The summed E-state index contributed by atoms with van der Waals surface area (Å²) in [5, 5.41) is 18.3. The molecule has 3 unspecified atom stereocenters. The summed E-state index contributed by atoms with van der Waals surface area (Å²) in [6.07, 6.45) is 4.18. The van der Waals surface area contributed by atoms with Gasteiger partial charge in [0.2, 0.25) is 5.88 Å². The van der Waals surface area contributed by atoms with E-state index in [1.807, 2.05) is 6.07 Å². The van der Waals surface area contributed by atoms with Gasteiger partial charge in [-0.05, 0) is 55.0 Å². The van der Waals surface area contributed by atoms with Crippen LogP contribution >= 0.6 is 11.6 Å². The molecule has 2 saturated heterocycles. The molecule has 1 saturated carbocycles. The zero-order chi connectivity index (χ0) is 29.2. The molecule has 7 rings (SSSR count). The molecule has 11 heteroatoms. The van der Waals surface area contributed by atoms with Gasteiger partial charge in [-0.1, -0.05) is 23.7 Å². The van der Waals surface area contributed by atoms with E-state index in [2.05, 4.69) is 14.5 Å². The average molecular weight is 590 g/mol. The molecule has 0 amide bonds. The van der Waals surface area contributed by atoms with Crippen LogP contribution in [0.15, 0.2) is 54.7 Å². The topological polar surface area (TPSA) is 113 Å². The minimum Gasteiger partial charge on any atom is -0.478 e. The van der Waals surface area contributed by atoms with Gasteiger partial charge in [0, 0.05) is 37.5 Å². The number of fused-ring (bicyclic) bond motifs is 2. The zero-order valence-corrected chi connectivity index (χ0v) is 23.5. The molecular formula is C31H29ClFN5O4. The number of carboxylic acid groups (broad SMARTS) is 1. The van der Waals surface area contributed by atoms with Gasteiger partial charge >= 0.3 is 5.97 Å². The third kappa shape index (κ3) is 6.23. The molecule has 3 fully saturated rings. The highest BCUT2D eigenvalue weighted by atomic mass is 35.5. The summed E-state index contributed by atoms with van der Waals surface area (Å²) < 4.78 is 26.5. The molecule has 9 nitrogen and oxygen atoms in total. The minimum atomic E-state index is -0.974. The Bertz CT molecular complexity index is 1640. The van der Waals surface area contributed by atoms with Crippen molar-refractivity contribution >= 4 is 28.6 Å². The first-order valence-corrected chi connectivity index (χ1v) is 14.2. The largest absolute Gasteiger partial charge is 0.478 e. The molecule has 1 N–H and O–H groups in total. The Balaban J connectivity index is 0.000000163. The lowest BCUT2D eigenvalue weighted by Crippen LogP contribution is -2.32. The van der Waals surface area contributed by atoms with Crippen LogP contribution in [0, 0.1) is 29.0 Å². The number of rotatable bonds is 8. The van der Waals surface area contributed by atoms with E-state index in [4.69, 9.17) is 31.3 Å². The van der Waals surface area contributed by atoms with Gasteiger partial charge in [0.15, 0.2) is 0 Å². The van der Waals surface area contributed by atoms with Crippen molar-refractivity contribution in [1.29, 1.82) is 5.26 Å². The fraction of sp³-hybridized carbons (Fsp3) is 0.355. The van der Waals surface area contributed by atoms with Gasteiger partial charge in [-0.25, -0.2) is 19.2 Å². The summed E-state index contributed by atoms with van der Waals surface area (Å²) >= 11 is 6.34. The maximum absolute atomic E-state index is 13.5. The van der Waals surface area contributed by atoms with Gasteiger partial charge in [-0.15, -0.1) is 0 Å². The van der Waals surface area contributed by atoms with Crippen LogP contribution in [-0.4, -0.2) is 56.3 Å². The van der Waals surface area contributed by atoms with Crippen LogP contribution in [0.3, 0.4) is 0 Å². The summed E-state index contributed by atoms with van der Waals surface area (Å²) in [6.45, 7) is 4.65. The molecule has 3 atom stereocenters. The fourth-order valence-electron chi connectivity index (χ4n) is 5.45. The SMILES string of the molecule is N#Cc1ccc(COc2ccccn2)c(F)c1.O=C(O)c1cc(Cl)c2nc(CN3CC4CC4C3)n(CC3CCO3)c2c1. The number of carboxylic acids is 1. The van der Waals surface area contributed by atoms with Crippen LogP contribution < -0.4 is 4.74 Å². The molecular weight excluding hydrogens is 561 g/mol. The van der Waals surface area contributed by atoms with Gasteiger partial charge in [0.05, 0.1) is 46.9 Å². The summed E-state index contributed by atoms with van der Waals surface area (Å²) in [7, 11) is 0. The number of hydrogen-bond acceptors (Lipinski definition) is 7. The van der Waals surface area contributed by atoms with Crippen molar-refractivity contribution in [3.63, 3.8) is 0 Å². The highest BCUT2D eigenvalue weighted by Gasteiger charge is 2.45. The van der Waals surface area contributed by atoms with Crippen LogP contribution in [0.1, 0.15) is 40.2 Å². The number of ether oxygens (including phenoxy) is 2. The predicted octanol–water partition coefficient (Wildman–Crippen LogP) is 5.30. The maximum atomic E-state index is 13.5.